The average Bonchev–Trinajstić information content (AvgIpc) is 1.89. The number of allylic oxidation sites excluding steroid dienone is 1. The van der Waals surface area contributed by atoms with Crippen molar-refractivity contribution in [3.8, 4) is 0 Å². The van der Waals surface area contributed by atoms with Crippen LogP contribution in [0.1, 0.15) is 26.7 Å². The van der Waals surface area contributed by atoms with Gasteiger partial charge in [0.25, 0.3) is 0 Å². The molecule has 0 fully saturated rings. The highest BCUT2D eigenvalue weighted by Crippen LogP contribution is 1.90. The molecule has 1 nitrogen and oxygen atoms in total. The highest BCUT2D eigenvalue weighted by Gasteiger charge is 1.91. The van der Waals surface area contributed by atoms with Gasteiger partial charge < -0.3 is 4.90 Å². The van der Waals surface area contributed by atoms with Crippen LogP contribution in [0, 0.1) is 0 Å². The fourth-order valence-electron chi connectivity index (χ4n) is 0.955. The summed E-state index contributed by atoms with van der Waals surface area (Å²) in [5.74, 6) is 0. The van der Waals surface area contributed by atoms with Crippen LogP contribution in [-0.2, 0) is 0 Å². The number of hydrogen-bond acceptors (Lipinski definition) is 1. The fourth-order valence-corrected chi connectivity index (χ4v) is 0.955. The first-order valence-corrected chi connectivity index (χ1v) is 4.11. The molecule has 0 saturated heterocycles. The second kappa shape index (κ2) is 6.81. The highest BCUT2D eigenvalue weighted by atomic mass is 15.1. The van der Waals surface area contributed by atoms with E-state index in [9.17, 15) is 0 Å². The molecule has 0 radical (unpaired) electrons. The molecule has 0 N–H and O–H groups in total. The summed E-state index contributed by atoms with van der Waals surface area (Å²) in [6.45, 7) is 6.70. The van der Waals surface area contributed by atoms with Crippen molar-refractivity contribution >= 4 is 0 Å². The van der Waals surface area contributed by atoms with Crippen molar-refractivity contribution in [1.29, 1.82) is 0 Å². The van der Waals surface area contributed by atoms with Crippen molar-refractivity contribution in [3.05, 3.63) is 12.2 Å². The lowest BCUT2D eigenvalue weighted by molar-refractivity contribution is 0.341. The van der Waals surface area contributed by atoms with Crippen LogP contribution < -0.4 is 0 Å². The van der Waals surface area contributed by atoms with Gasteiger partial charge in [-0.2, -0.15) is 0 Å². The molecular formula is C9H19N. The number of rotatable bonds is 5. The minimum atomic E-state index is 1.19. The van der Waals surface area contributed by atoms with Crippen LogP contribution in [0.2, 0.25) is 0 Å². The summed E-state index contributed by atoms with van der Waals surface area (Å²) in [5.41, 5.74) is 0. The SMILES string of the molecule is C/C=C/CCN(C)CCC. The Morgan fingerprint density at radius 1 is 1.30 bits per heavy atom. The van der Waals surface area contributed by atoms with Crippen LogP contribution in [0.3, 0.4) is 0 Å². The maximum absolute atomic E-state index is 2.36. The molecule has 0 aliphatic heterocycles. The molecule has 0 aliphatic carbocycles. The average molecular weight is 141 g/mol. The van der Waals surface area contributed by atoms with Gasteiger partial charge in [-0.3, -0.25) is 0 Å². The first kappa shape index (κ1) is 9.70. The summed E-state index contributed by atoms with van der Waals surface area (Å²) in [6.07, 6.45) is 6.77. The van der Waals surface area contributed by atoms with E-state index in [1.54, 1.807) is 0 Å². The Balaban J connectivity index is 3.12. The summed E-state index contributed by atoms with van der Waals surface area (Å²) in [7, 11) is 2.17. The lowest BCUT2D eigenvalue weighted by Crippen LogP contribution is -2.19. The summed E-state index contributed by atoms with van der Waals surface area (Å²) in [6, 6.07) is 0. The maximum Gasteiger partial charge on any atom is 0.00128 e. The second-order valence-electron chi connectivity index (χ2n) is 2.66. The molecule has 0 rings (SSSR count). The predicted octanol–water partition coefficient (Wildman–Crippen LogP) is 2.29. The molecule has 0 aromatic heterocycles. The van der Waals surface area contributed by atoms with Crippen molar-refractivity contribution in [2.75, 3.05) is 20.1 Å². The zero-order valence-corrected chi connectivity index (χ0v) is 7.43. The molecule has 60 valence electrons. The molecule has 0 aromatic rings. The van der Waals surface area contributed by atoms with E-state index in [0.717, 1.165) is 0 Å². The Kier molecular flexibility index (Phi) is 6.61. The Morgan fingerprint density at radius 2 is 2.00 bits per heavy atom. The van der Waals surface area contributed by atoms with Gasteiger partial charge in [0, 0.05) is 6.54 Å². The van der Waals surface area contributed by atoms with Gasteiger partial charge in [-0.15, -0.1) is 0 Å². The third-order valence-electron chi connectivity index (χ3n) is 1.52. The molecule has 0 spiro atoms. The van der Waals surface area contributed by atoms with Gasteiger partial charge in [0.15, 0.2) is 0 Å². The third kappa shape index (κ3) is 5.83. The Bertz CT molecular complexity index is 86.7. The molecule has 0 unspecified atom stereocenters. The molecular weight excluding hydrogens is 122 g/mol. The van der Waals surface area contributed by atoms with E-state index in [0.29, 0.717) is 0 Å². The molecule has 0 bridgehead atoms. The molecule has 0 aliphatic rings. The summed E-state index contributed by atoms with van der Waals surface area (Å²) in [4.78, 5) is 2.36. The van der Waals surface area contributed by atoms with Crippen LogP contribution in [0.15, 0.2) is 12.2 Å². The second-order valence-corrected chi connectivity index (χ2v) is 2.66. The maximum atomic E-state index is 2.36. The van der Waals surface area contributed by atoms with E-state index in [1.807, 2.05) is 0 Å². The summed E-state index contributed by atoms with van der Waals surface area (Å²) in [5, 5.41) is 0. The van der Waals surface area contributed by atoms with Gasteiger partial charge in [-0.25, -0.2) is 0 Å². The van der Waals surface area contributed by atoms with Gasteiger partial charge in [-0.05, 0) is 33.4 Å². The van der Waals surface area contributed by atoms with E-state index in [1.165, 1.54) is 25.9 Å². The first-order valence-electron chi connectivity index (χ1n) is 4.11. The van der Waals surface area contributed by atoms with Crippen molar-refractivity contribution in [2.24, 2.45) is 0 Å². The van der Waals surface area contributed by atoms with Crippen LogP contribution >= 0.6 is 0 Å². The quantitative estimate of drug-likeness (QED) is 0.531. The number of hydrogen-bond donors (Lipinski definition) is 0. The van der Waals surface area contributed by atoms with Crippen LogP contribution in [0.5, 0.6) is 0 Å². The van der Waals surface area contributed by atoms with Crippen molar-refractivity contribution in [1.82, 2.24) is 4.90 Å². The van der Waals surface area contributed by atoms with Gasteiger partial charge in [0.2, 0.25) is 0 Å². The first-order chi connectivity index (χ1) is 4.81. The Hall–Kier alpha value is -0.300. The van der Waals surface area contributed by atoms with E-state index in [-0.39, 0.29) is 0 Å². The monoisotopic (exact) mass is 141 g/mol. The summed E-state index contributed by atoms with van der Waals surface area (Å²) >= 11 is 0. The van der Waals surface area contributed by atoms with Crippen LogP contribution in [-0.4, -0.2) is 25.0 Å². The number of nitrogens with zero attached hydrogens (tertiary/aromatic N) is 1. The van der Waals surface area contributed by atoms with E-state index < -0.39 is 0 Å². The minimum absolute atomic E-state index is 1.19. The molecule has 0 saturated carbocycles. The minimum Gasteiger partial charge on any atom is -0.306 e. The smallest absolute Gasteiger partial charge is 0.00128 e. The van der Waals surface area contributed by atoms with Crippen molar-refractivity contribution in [2.45, 2.75) is 26.7 Å². The zero-order chi connectivity index (χ0) is 7.82. The lowest BCUT2D eigenvalue weighted by Gasteiger charge is -2.13. The summed E-state index contributed by atoms with van der Waals surface area (Å²) < 4.78 is 0. The Morgan fingerprint density at radius 3 is 2.50 bits per heavy atom. The lowest BCUT2D eigenvalue weighted by atomic mass is 10.3. The van der Waals surface area contributed by atoms with Crippen LogP contribution in [0.4, 0.5) is 0 Å². The van der Waals surface area contributed by atoms with Crippen LogP contribution in [0.25, 0.3) is 0 Å². The zero-order valence-electron chi connectivity index (χ0n) is 7.43. The molecule has 0 heterocycles. The van der Waals surface area contributed by atoms with Crippen molar-refractivity contribution < 1.29 is 0 Å². The van der Waals surface area contributed by atoms with Gasteiger partial charge in [0.1, 0.15) is 0 Å². The van der Waals surface area contributed by atoms with Gasteiger partial charge in [-0.1, -0.05) is 19.1 Å². The normalized spacial score (nSPS) is 11.6. The van der Waals surface area contributed by atoms with Gasteiger partial charge in [0.05, 0.1) is 0 Å². The van der Waals surface area contributed by atoms with Crippen molar-refractivity contribution in [3.63, 3.8) is 0 Å². The molecule has 1 heteroatoms. The molecule has 10 heavy (non-hydrogen) atoms. The Labute approximate surface area is 64.7 Å². The molecule has 0 aromatic carbocycles. The van der Waals surface area contributed by atoms with E-state index >= 15 is 0 Å². The van der Waals surface area contributed by atoms with E-state index in [4.69, 9.17) is 0 Å². The molecule has 0 atom stereocenters. The topological polar surface area (TPSA) is 3.24 Å². The van der Waals surface area contributed by atoms with E-state index in [2.05, 4.69) is 37.9 Å². The standard InChI is InChI=1S/C9H19N/c1-4-6-7-9-10(3)8-5-2/h4,6H,5,7-9H2,1-3H3/b6-4+. The fraction of sp³-hybridized carbons (Fsp3) is 0.778. The highest BCUT2D eigenvalue weighted by molar-refractivity contribution is 4.77. The predicted molar refractivity (Wildman–Crippen MR) is 47.2 cm³/mol. The van der Waals surface area contributed by atoms with Gasteiger partial charge >= 0.3 is 0 Å². The third-order valence-corrected chi connectivity index (χ3v) is 1.52. The largest absolute Gasteiger partial charge is 0.306 e. The molecule has 0 amide bonds.